The molecule has 0 bridgehead atoms. The average Bonchev–Trinajstić information content (AvgIpc) is 0.782. The van der Waals surface area contributed by atoms with Gasteiger partial charge < -0.3 is 0 Å². The van der Waals surface area contributed by atoms with Gasteiger partial charge in [0.2, 0.25) is 0 Å². The molecule has 0 spiro atoms. The van der Waals surface area contributed by atoms with Crippen molar-refractivity contribution in [3.63, 3.8) is 0 Å². The number of pyridine rings is 3. The van der Waals surface area contributed by atoms with E-state index >= 15 is 0 Å². The van der Waals surface area contributed by atoms with Crippen molar-refractivity contribution in [2.45, 2.75) is 0 Å². The van der Waals surface area contributed by atoms with Gasteiger partial charge in [-0.3, -0.25) is 15.0 Å². The van der Waals surface area contributed by atoms with Gasteiger partial charge in [0.15, 0.2) is 52.4 Å². The Bertz CT molecular complexity index is 7750. The first-order valence-electron chi connectivity index (χ1n) is 41.9. The molecule has 0 amide bonds. The maximum atomic E-state index is 5.03. The predicted octanol–water partition coefficient (Wildman–Crippen LogP) is 28.2. The number of benzene rings is 18. The molecule has 24 rings (SSSR count). The highest BCUT2D eigenvalue weighted by Crippen LogP contribution is 2.39. The van der Waals surface area contributed by atoms with E-state index < -0.39 is 0 Å². The lowest BCUT2D eigenvalue weighted by atomic mass is 10.0. The van der Waals surface area contributed by atoms with Crippen molar-refractivity contribution in [2.75, 3.05) is 0 Å². The summed E-state index contributed by atoms with van der Waals surface area (Å²) in [6, 6.07) is 144. The summed E-state index contributed by atoms with van der Waals surface area (Å²) in [5.74, 6) is 5.81. The Labute approximate surface area is 725 Å². The van der Waals surface area contributed by atoms with E-state index in [1.807, 2.05) is 36.8 Å². The minimum Gasteiger partial charge on any atom is -0.256 e. The Balaban J connectivity index is 0.000000112. The van der Waals surface area contributed by atoms with Crippen LogP contribution in [-0.4, -0.2) is 59.8 Å². The van der Waals surface area contributed by atoms with E-state index in [-0.39, 0.29) is 0 Å². The van der Waals surface area contributed by atoms with Crippen LogP contribution in [0.25, 0.3) is 233 Å². The molecule has 0 N–H and O–H groups in total. The molecule has 0 fully saturated rings. The van der Waals surface area contributed by atoms with Crippen LogP contribution in [0, 0.1) is 0 Å². The molecule has 0 saturated heterocycles. The fraction of sp³-hybridized carbons (Fsp3) is 0. The highest BCUT2D eigenvalue weighted by Gasteiger charge is 2.20. The van der Waals surface area contributed by atoms with Crippen LogP contribution in [0.5, 0.6) is 0 Å². The summed E-state index contributed by atoms with van der Waals surface area (Å²) in [7, 11) is 0. The molecule has 6 heterocycles. The van der Waals surface area contributed by atoms with Crippen LogP contribution in [0.2, 0.25) is 0 Å². The third-order valence-electron chi connectivity index (χ3n) is 23.2. The second-order valence-electron chi connectivity index (χ2n) is 31.1. The molecule has 0 atom stereocenters. The van der Waals surface area contributed by atoms with E-state index in [0.717, 1.165) is 154 Å². The molecule has 0 aliphatic rings. The van der Waals surface area contributed by atoms with Crippen molar-refractivity contribution in [3.05, 3.63) is 437 Å². The summed E-state index contributed by atoms with van der Waals surface area (Å²) in [5.41, 5.74) is 18.1. The van der Waals surface area contributed by atoms with E-state index in [4.69, 9.17) is 44.9 Å². The third-order valence-corrected chi connectivity index (χ3v) is 23.2. The van der Waals surface area contributed by atoms with Crippen LogP contribution in [0.15, 0.2) is 437 Å². The quantitative estimate of drug-likeness (QED) is 0.114. The van der Waals surface area contributed by atoms with Crippen LogP contribution in [0.1, 0.15) is 0 Å². The Hall–Kier alpha value is -17.2. The Morgan fingerprint density at radius 2 is 0.317 bits per heavy atom. The molecule has 588 valence electrons. The maximum absolute atomic E-state index is 5.03. The van der Waals surface area contributed by atoms with E-state index in [9.17, 15) is 0 Å². The van der Waals surface area contributed by atoms with Gasteiger partial charge in [0, 0.05) is 102 Å². The maximum Gasteiger partial charge on any atom is 0.164 e. The molecule has 0 aliphatic heterocycles. The van der Waals surface area contributed by atoms with Crippen molar-refractivity contribution >= 4 is 97.3 Å². The van der Waals surface area contributed by atoms with Crippen LogP contribution < -0.4 is 0 Å². The molecule has 0 saturated carbocycles. The number of fused-ring (bicyclic) bond motifs is 9. The predicted molar refractivity (Wildman–Crippen MR) is 516 cm³/mol. The Morgan fingerprint density at radius 1 is 0.119 bits per heavy atom. The summed E-state index contributed by atoms with van der Waals surface area (Å²) in [5, 5.41) is 17.3. The Morgan fingerprint density at radius 3 is 0.603 bits per heavy atom. The highest BCUT2D eigenvalue weighted by atomic mass is 15.1. The smallest absolute Gasteiger partial charge is 0.164 e. The van der Waals surface area contributed by atoms with Crippen LogP contribution in [0.4, 0.5) is 0 Å². The molecule has 126 heavy (non-hydrogen) atoms. The van der Waals surface area contributed by atoms with Gasteiger partial charge in [-0.1, -0.05) is 370 Å². The first-order valence-corrected chi connectivity index (χ1v) is 41.9. The number of nitrogens with zero attached hydrogens (tertiary/aromatic N) is 12. The van der Waals surface area contributed by atoms with E-state index in [0.29, 0.717) is 52.4 Å². The van der Waals surface area contributed by atoms with Gasteiger partial charge in [0.25, 0.3) is 0 Å². The van der Waals surface area contributed by atoms with Gasteiger partial charge in [0.1, 0.15) is 0 Å². The average molecular weight is 1610 g/mol. The zero-order chi connectivity index (χ0) is 83.6. The molecule has 18 aromatic carbocycles. The van der Waals surface area contributed by atoms with Crippen LogP contribution in [0.3, 0.4) is 0 Å². The second kappa shape index (κ2) is 33.1. The number of hydrogen-bond acceptors (Lipinski definition) is 12. The topological polar surface area (TPSA) is 155 Å². The molecule has 12 nitrogen and oxygen atoms in total. The first kappa shape index (κ1) is 75.0. The van der Waals surface area contributed by atoms with Gasteiger partial charge >= 0.3 is 0 Å². The first-order chi connectivity index (χ1) is 62.4. The summed E-state index contributed by atoms with van der Waals surface area (Å²) < 4.78 is 0. The van der Waals surface area contributed by atoms with E-state index in [1.165, 1.54) is 26.9 Å². The fourth-order valence-electron chi connectivity index (χ4n) is 16.8. The lowest BCUT2D eigenvalue weighted by Crippen LogP contribution is -2.00. The zero-order valence-corrected chi connectivity index (χ0v) is 67.9. The minimum absolute atomic E-state index is 0.638. The largest absolute Gasteiger partial charge is 0.256 e. The van der Waals surface area contributed by atoms with Gasteiger partial charge in [-0.15, -0.1) is 0 Å². The van der Waals surface area contributed by atoms with Crippen LogP contribution >= 0.6 is 0 Å². The van der Waals surface area contributed by atoms with Crippen molar-refractivity contribution in [3.8, 4) is 136 Å². The lowest BCUT2D eigenvalue weighted by molar-refractivity contribution is 1.07. The van der Waals surface area contributed by atoms with Crippen molar-refractivity contribution in [1.82, 2.24) is 59.8 Å². The van der Waals surface area contributed by atoms with Crippen LogP contribution in [-0.2, 0) is 0 Å². The highest BCUT2D eigenvalue weighted by molar-refractivity contribution is 6.00. The standard InChI is InChI=1S/3C38H24N4/c2*1-3-9-30-23-32(20-14-25(30)7-1)37-40-36(41-38(42-37)33-21-15-26-8-2-4-10-31(26)24-33)29-18-16-27(17-19-29)34-13-5-11-28-12-6-22-39-35(28)34;1-2-10-30-24-31(22-17-25(30)8-1)37-40-36(41-38(42-37)34-16-5-11-26-9-3-4-14-32(26)34)29-20-18-27(19-21-29)33-15-6-12-28-13-7-23-39-35(28)33/h3*1-24H. The summed E-state index contributed by atoms with van der Waals surface area (Å²) in [6.45, 7) is 0. The summed E-state index contributed by atoms with van der Waals surface area (Å²) in [4.78, 5) is 58.9. The fourth-order valence-corrected chi connectivity index (χ4v) is 16.8. The molecule has 12 heteroatoms. The molecule has 0 aliphatic carbocycles. The van der Waals surface area contributed by atoms with E-state index in [1.54, 1.807) is 0 Å². The van der Waals surface area contributed by atoms with Gasteiger partial charge in [0.05, 0.1) is 16.6 Å². The molecular weight excluding hydrogens is 1540 g/mol. The number of hydrogen-bond donors (Lipinski definition) is 0. The lowest BCUT2D eigenvalue weighted by Gasteiger charge is -2.11. The Kier molecular flexibility index (Phi) is 19.7. The van der Waals surface area contributed by atoms with E-state index in [2.05, 4.69) is 415 Å². The minimum atomic E-state index is 0.638. The molecule has 6 aromatic heterocycles. The number of para-hydroxylation sites is 3. The molecule has 0 radical (unpaired) electrons. The second-order valence-corrected chi connectivity index (χ2v) is 31.1. The summed E-state index contributed by atoms with van der Waals surface area (Å²) in [6.07, 6.45) is 5.52. The van der Waals surface area contributed by atoms with Gasteiger partial charge in [-0.2, -0.15) is 0 Å². The number of aromatic nitrogens is 12. The van der Waals surface area contributed by atoms with Crippen molar-refractivity contribution in [2.24, 2.45) is 0 Å². The molecular formula is C114H72N12. The third kappa shape index (κ3) is 15.2. The summed E-state index contributed by atoms with van der Waals surface area (Å²) >= 11 is 0. The van der Waals surface area contributed by atoms with Gasteiger partial charge in [-0.25, -0.2) is 44.9 Å². The van der Waals surface area contributed by atoms with Gasteiger partial charge in [-0.05, 0) is 130 Å². The monoisotopic (exact) mass is 1610 g/mol. The molecule has 0 unspecified atom stereocenters. The SMILES string of the molecule is c1ccc2cc(-c3nc(-c4ccc(-c5cccc6cccnc56)cc4)nc(-c4ccc5ccccc5c4)n3)ccc2c1.c1ccc2cc(-c3nc(-c4ccc(-c5cccc6cccnc56)cc4)nc(-c4ccc5ccccc5c4)n3)ccc2c1.c1ccc2cc(-c3nc(-c4ccc(-c5cccc6cccnc56)cc4)nc(-c4cccc5ccccc45)n3)ccc2c1. The zero-order valence-electron chi connectivity index (χ0n) is 67.9. The van der Waals surface area contributed by atoms with Crippen molar-refractivity contribution < 1.29 is 0 Å². The molecule has 24 aromatic rings. The number of rotatable bonds is 12. The van der Waals surface area contributed by atoms with Crippen molar-refractivity contribution in [1.29, 1.82) is 0 Å². The normalized spacial score (nSPS) is 11.3.